The summed E-state index contributed by atoms with van der Waals surface area (Å²) in [5.41, 5.74) is 7.76. The van der Waals surface area contributed by atoms with Crippen LogP contribution in [0.5, 0.6) is 0 Å². The lowest BCUT2D eigenvalue weighted by atomic mass is 10.0. The largest absolute Gasteiger partial charge is 0.444 e. The summed E-state index contributed by atoms with van der Waals surface area (Å²) in [6, 6.07) is 0.372. The van der Waals surface area contributed by atoms with Gasteiger partial charge in [0.15, 0.2) is 0 Å². The highest BCUT2D eigenvalue weighted by atomic mass is 32.1. The Hall–Kier alpha value is -1.14. The van der Waals surface area contributed by atoms with Gasteiger partial charge in [-0.25, -0.2) is 4.79 Å². The molecule has 1 amide bonds. The van der Waals surface area contributed by atoms with E-state index in [1.165, 1.54) is 11.3 Å². The van der Waals surface area contributed by atoms with E-state index >= 15 is 0 Å². The highest BCUT2D eigenvalue weighted by Crippen LogP contribution is 2.11. The quantitative estimate of drug-likeness (QED) is 0.693. The number of nitrogens with one attached hydrogen (secondary N) is 1. The van der Waals surface area contributed by atoms with Gasteiger partial charge in [-0.1, -0.05) is 26.7 Å². The molecule has 0 radical (unpaired) electrons. The maximum atomic E-state index is 11.8. The van der Waals surface area contributed by atoms with Gasteiger partial charge in [0.2, 0.25) is 0 Å². The Bertz CT molecular complexity index is 384. The molecule has 0 aliphatic carbocycles. The molecule has 120 valence electrons. The molecule has 0 saturated heterocycles. The van der Waals surface area contributed by atoms with Gasteiger partial charge >= 0.3 is 6.09 Å². The zero-order valence-electron chi connectivity index (χ0n) is 13.0. The van der Waals surface area contributed by atoms with Gasteiger partial charge in [-0.3, -0.25) is 4.98 Å². The molecule has 1 aromatic heterocycles. The van der Waals surface area contributed by atoms with Crippen LogP contribution in [-0.2, 0) is 11.3 Å². The number of carbonyl (C=O) groups is 1. The van der Waals surface area contributed by atoms with E-state index in [4.69, 9.17) is 10.5 Å². The Labute approximate surface area is 131 Å². The molecule has 1 rings (SSSR count). The molecule has 0 aromatic carbocycles. The Morgan fingerprint density at radius 2 is 2.10 bits per heavy atom. The van der Waals surface area contributed by atoms with Gasteiger partial charge in [0, 0.05) is 18.3 Å². The first-order valence-corrected chi connectivity index (χ1v) is 8.59. The van der Waals surface area contributed by atoms with Crippen LogP contribution in [0.4, 0.5) is 4.79 Å². The smallest absolute Gasteiger partial charge is 0.407 e. The zero-order valence-corrected chi connectivity index (χ0v) is 13.8. The van der Waals surface area contributed by atoms with Gasteiger partial charge in [0.1, 0.15) is 6.61 Å². The number of thiazole rings is 1. The minimum absolute atomic E-state index is 0.145. The Balaban J connectivity index is 2.29. The third-order valence-electron chi connectivity index (χ3n) is 3.33. The van der Waals surface area contributed by atoms with Crippen molar-refractivity contribution in [2.24, 2.45) is 5.73 Å². The van der Waals surface area contributed by atoms with Crippen LogP contribution in [0.2, 0.25) is 0 Å². The van der Waals surface area contributed by atoms with Crippen molar-refractivity contribution in [2.75, 3.05) is 0 Å². The molecular weight excluding hydrogens is 286 g/mol. The molecule has 2 atom stereocenters. The van der Waals surface area contributed by atoms with Gasteiger partial charge < -0.3 is 15.8 Å². The van der Waals surface area contributed by atoms with Gasteiger partial charge in [0.25, 0.3) is 0 Å². The average Bonchev–Trinajstić information content (AvgIpc) is 2.96. The maximum Gasteiger partial charge on any atom is 0.407 e. The number of hydrogen-bond acceptors (Lipinski definition) is 5. The number of alkyl carbamates (subject to hydrolysis) is 1. The molecule has 1 heterocycles. The van der Waals surface area contributed by atoms with Crippen molar-refractivity contribution in [3.63, 3.8) is 0 Å². The van der Waals surface area contributed by atoms with Gasteiger partial charge in [0.05, 0.1) is 10.4 Å². The molecule has 6 heteroatoms. The van der Waals surface area contributed by atoms with E-state index in [0.717, 1.165) is 43.4 Å². The van der Waals surface area contributed by atoms with E-state index in [-0.39, 0.29) is 24.8 Å². The molecule has 0 unspecified atom stereocenters. The summed E-state index contributed by atoms with van der Waals surface area (Å²) in [4.78, 5) is 16.7. The van der Waals surface area contributed by atoms with Crippen molar-refractivity contribution >= 4 is 17.4 Å². The van der Waals surface area contributed by atoms with Crippen molar-refractivity contribution < 1.29 is 9.53 Å². The third-order valence-corrected chi connectivity index (χ3v) is 4.09. The predicted octanol–water partition coefficient (Wildman–Crippen LogP) is 3.45. The molecule has 0 fully saturated rings. The first-order chi connectivity index (χ1) is 10.2. The van der Waals surface area contributed by atoms with E-state index < -0.39 is 0 Å². The molecule has 0 bridgehead atoms. The Morgan fingerprint density at radius 1 is 1.33 bits per heavy atom. The van der Waals surface area contributed by atoms with Crippen LogP contribution in [0.3, 0.4) is 0 Å². The Kier molecular flexibility index (Phi) is 9.01. The standard InChI is InChI=1S/C15H27N3O2S/c1-3-5-12(16)7-8-13(6-4-2)18-15(19)20-10-14-9-17-11-21-14/h9,11-13H,3-8,10,16H2,1-2H3,(H,18,19)/t12-,13-/m0/s1. The topological polar surface area (TPSA) is 77.2 Å². The highest BCUT2D eigenvalue weighted by Gasteiger charge is 2.14. The van der Waals surface area contributed by atoms with Crippen molar-refractivity contribution in [1.29, 1.82) is 0 Å². The summed E-state index contributed by atoms with van der Waals surface area (Å²) in [6.07, 6.45) is 7.32. The summed E-state index contributed by atoms with van der Waals surface area (Å²) in [5.74, 6) is 0. The first kappa shape index (κ1) is 17.9. The minimum atomic E-state index is -0.356. The number of aromatic nitrogens is 1. The number of ether oxygens (including phenoxy) is 1. The fourth-order valence-electron chi connectivity index (χ4n) is 2.23. The molecule has 1 aromatic rings. The summed E-state index contributed by atoms with van der Waals surface area (Å²) < 4.78 is 5.21. The van der Waals surface area contributed by atoms with Gasteiger partial charge in [-0.05, 0) is 25.7 Å². The van der Waals surface area contributed by atoms with Crippen molar-refractivity contribution in [2.45, 2.75) is 71.1 Å². The second kappa shape index (κ2) is 10.6. The fourth-order valence-corrected chi connectivity index (χ4v) is 2.73. The summed E-state index contributed by atoms with van der Waals surface area (Å²) in [5, 5.41) is 2.95. The van der Waals surface area contributed by atoms with Crippen molar-refractivity contribution in [3.05, 3.63) is 16.6 Å². The molecule has 0 aliphatic rings. The normalized spacial score (nSPS) is 13.7. The van der Waals surface area contributed by atoms with E-state index in [0.29, 0.717) is 0 Å². The van der Waals surface area contributed by atoms with Crippen LogP contribution in [-0.4, -0.2) is 23.2 Å². The molecular formula is C15H27N3O2S. The number of nitrogens with zero attached hydrogens (tertiary/aromatic N) is 1. The van der Waals surface area contributed by atoms with Crippen LogP contribution in [0.1, 0.15) is 57.2 Å². The summed E-state index contributed by atoms with van der Waals surface area (Å²) in [7, 11) is 0. The summed E-state index contributed by atoms with van der Waals surface area (Å²) in [6.45, 7) is 4.53. The predicted molar refractivity (Wildman–Crippen MR) is 86.2 cm³/mol. The first-order valence-electron chi connectivity index (χ1n) is 7.71. The van der Waals surface area contributed by atoms with Crippen LogP contribution in [0.25, 0.3) is 0 Å². The number of rotatable bonds is 10. The molecule has 0 aliphatic heterocycles. The van der Waals surface area contributed by atoms with Crippen molar-refractivity contribution in [3.8, 4) is 0 Å². The van der Waals surface area contributed by atoms with Crippen LogP contribution < -0.4 is 11.1 Å². The lowest BCUT2D eigenvalue weighted by Crippen LogP contribution is -2.36. The minimum Gasteiger partial charge on any atom is -0.444 e. The van der Waals surface area contributed by atoms with E-state index in [2.05, 4.69) is 24.1 Å². The second-order valence-corrected chi connectivity index (χ2v) is 6.27. The van der Waals surface area contributed by atoms with Crippen LogP contribution in [0.15, 0.2) is 11.7 Å². The summed E-state index contributed by atoms with van der Waals surface area (Å²) >= 11 is 1.48. The highest BCUT2D eigenvalue weighted by molar-refractivity contribution is 7.09. The molecule has 0 saturated carbocycles. The van der Waals surface area contributed by atoms with E-state index in [1.807, 2.05) is 0 Å². The molecule has 3 N–H and O–H groups in total. The number of nitrogens with two attached hydrogens (primary N) is 1. The lowest BCUT2D eigenvalue weighted by Gasteiger charge is -2.19. The van der Waals surface area contributed by atoms with Gasteiger partial charge in [-0.15, -0.1) is 11.3 Å². The van der Waals surface area contributed by atoms with Crippen LogP contribution in [0, 0.1) is 0 Å². The SMILES string of the molecule is CCC[C@H](N)CC[C@H](CCC)NC(=O)OCc1cncs1. The fraction of sp³-hybridized carbons (Fsp3) is 0.733. The molecule has 5 nitrogen and oxygen atoms in total. The Morgan fingerprint density at radius 3 is 2.71 bits per heavy atom. The monoisotopic (exact) mass is 313 g/mol. The zero-order chi connectivity index (χ0) is 15.5. The molecule has 0 spiro atoms. The maximum absolute atomic E-state index is 11.8. The van der Waals surface area contributed by atoms with Crippen molar-refractivity contribution in [1.82, 2.24) is 10.3 Å². The average molecular weight is 313 g/mol. The second-order valence-electron chi connectivity index (χ2n) is 5.30. The van der Waals surface area contributed by atoms with E-state index in [1.54, 1.807) is 11.7 Å². The van der Waals surface area contributed by atoms with E-state index in [9.17, 15) is 4.79 Å². The number of carbonyl (C=O) groups excluding carboxylic acids is 1. The third kappa shape index (κ3) is 8.02. The number of amides is 1. The van der Waals surface area contributed by atoms with Crippen LogP contribution >= 0.6 is 11.3 Å². The lowest BCUT2D eigenvalue weighted by molar-refractivity contribution is 0.135. The number of hydrogen-bond donors (Lipinski definition) is 2. The van der Waals surface area contributed by atoms with Gasteiger partial charge in [-0.2, -0.15) is 0 Å². The molecule has 21 heavy (non-hydrogen) atoms.